The maximum Gasteiger partial charge on any atom is 0.417 e. The minimum absolute atomic E-state index is 0.305. The van der Waals surface area contributed by atoms with Crippen molar-refractivity contribution in [3.05, 3.63) is 46.2 Å². The number of fused-ring (bicyclic) bond motifs is 4. The van der Waals surface area contributed by atoms with E-state index in [-0.39, 0.29) is 6.04 Å². The molecular formula is C24H25BrN6O4S. The van der Waals surface area contributed by atoms with Gasteiger partial charge in [-0.25, -0.2) is 24.0 Å². The van der Waals surface area contributed by atoms with Crippen LogP contribution in [0.25, 0.3) is 16.6 Å². The number of ether oxygens (including phenoxy) is 1. The van der Waals surface area contributed by atoms with Crippen molar-refractivity contribution in [1.29, 1.82) is 0 Å². The van der Waals surface area contributed by atoms with Gasteiger partial charge in [0.25, 0.3) is 0 Å². The second-order valence-corrected chi connectivity index (χ2v) is 11.2. The number of halogens is 1. The zero-order valence-electron chi connectivity index (χ0n) is 20.2. The fourth-order valence-electron chi connectivity index (χ4n) is 4.70. The van der Waals surface area contributed by atoms with Gasteiger partial charge >= 0.3 is 12.2 Å². The molecule has 10 nitrogen and oxygen atoms in total. The van der Waals surface area contributed by atoms with Crippen molar-refractivity contribution in [3.63, 3.8) is 0 Å². The van der Waals surface area contributed by atoms with Gasteiger partial charge in [0.1, 0.15) is 5.60 Å². The topological polar surface area (TPSA) is 115 Å². The summed E-state index contributed by atoms with van der Waals surface area (Å²) in [7, 11) is 0. The average molecular weight is 573 g/mol. The Hall–Kier alpha value is -3.12. The summed E-state index contributed by atoms with van der Waals surface area (Å²) in [5, 5.41) is 15.7. The fourth-order valence-corrected chi connectivity index (χ4v) is 5.40. The van der Waals surface area contributed by atoms with E-state index in [1.54, 1.807) is 11.1 Å². The molecule has 1 aliphatic rings. The summed E-state index contributed by atoms with van der Waals surface area (Å²) in [6.45, 7) is 5.45. The smallest absolute Gasteiger partial charge is 0.417 e. The Morgan fingerprint density at radius 1 is 1.25 bits per heavy atom. The van der Waals surface area contributed by atoms with E-state index < -0.39 is 17.8 Å². The Balaban J connectivity index is 1.67. The summed E-state index contributed by atoms with van der Waals surface area (Å²) in [6, 6.07) is 7.12. The zero-order valence-corrected chi connectivity index (χ0v) is 22.6. The number of para-hydroxylation sites is 1. The number of aromatic nitrogens is 5. The van der Waals surface area contributed by atoms with Crippen LogP contribution in [0.3, 0.4) is 0 Å². The lowest BCUT2D eigenvalue weighted by atomic mass is 9.90. The Bertz CT molecular complexity index is 1510. The van der Waals surface area contributed by atoms with Gasteiger partial charge in [0.2, 0.25) is 5.95 Å². The fraction of sp³-hybridized carbons (Fsp3) is 0.375. The van der Waals surface area contributed by atoms with Gasteiger partial charge in [-0.15, -0.1) is 0 Å². The standard InChI is InChI=1S/C24H25BrN6O4S/c1-24(2,3)35-23(34)29(21-28-20(36-4)27-19-16(25)12-26-31(19)21)13-9-10-18-15(11-13)14-7-5-6-8-17(14)30(18)22(32)33/h5-8,12-13H,9-11H2,1-4H3,(H,32,33)/t13-/m1/s1. The van der Waals surface area contributed by atoms with Crippen molar-refractivity contribution in [2.45, 2.75) is 56.8 Å². The van der Waals surface area contributed by atoms with E-state index in [0.29, 0.717) is 46.0 Å². The lowest BCUT2D eigenvalue weighted by Crippen LogP contribution is -2.47. The number of hydrogen-bond donors (Lipinski definition) is 1. The molecule has 0 spiro atoms. The van der Waals surface area contributed by atoms with Crippen molar-refractivity contribution in [3.8, 4) is 0 Å². The molecule has 1 atom stereocenters. The van der Waals surface area contributed by atoms with Crippen LogP contribution in [-0.4, -0.2) is 59.3 Å². The number of thioether (sulfide) groups is 1. The highest BCUT2D eigenvalue weighted by Crippen LogP contribution is 2.36. The summed E-state index contributed by atoms with van der Waals surface area (Å²) in [4.78, 5) is 36.5. The van der Waals surface area contributed by atoms with E-state index >= 15 is 0 Å². The van der Waals surface area contributed by atoms with Crippen LogP contribution in [0.1, 0.15) is 38.4 Å². The first-order chi connectivity index (χ1) is 17.1. The summed E-state index contributed by atoms with van der Waals surface area (Å²) in [5.74, 6) is 0.305. The maximum absolute atomic E-state index is 13.7. The minimum atomic E-state index is -1.02. The average Bonchev–Trinajstić information content (AvgIpc) is 3.35. The molecule has 4 aromatic rings. The molecular weight excluding hydrogens is 548 g/mol. The lowest BCUT2D eigenvalue weighted by molar-refractivity contribution is 0.0558. The number of nitrogens with zero attached hydrogens (tertiary/aromatic N) is 6. The van der Waals surface area contributed by atoms with Crippen molar-refractivity contribution in [1.82, 2.24) is 24.1 Å². The van der Waals surface area contributed by atoms with Gasteiger partial charge < -0.3 is 9.84 Å². The summed E-state index contributed by atoms with van der Waals surface area (Å²) in [6.07, 6.45) is 3.37. The summed E-state index contributed by atoms with van der Waals surface area (Å²) >= 11 is 4.85. The molecule has 0 saturated heterocycles. The molecule has 36 heavy (non-hydrogen) atoms. The predicted octanol–water partition coefficient (Wildman–Crippen LogP) is 5.39. The van der Waals surface area contributed by atoms with Crippen LogP contribution < -0.4 is 4.90 Å². The normalized spacial score (nSPS) is 15.8. The molecule has 0 saturated carbocycles. The number of anilines is 1. The first-order valence-corrected chi connectivity index (χ1v) is 13.4. The highest BCUT2D eigenvalue weighted by atomic mass is 79.9. The van der Waals surface area contributed by atoms with E-state index in [4.69, 9.17) is 4.74 Å². The molecule has 12 heteroatoms. The lowest BCUT2D eigenvalue weighted by Gasteiger charge is -2.35. The van der Waals surface area contributed by atoms with Crippen LogP contribution in [0.15, 0.2) is 40.1 Å². The quantitative estimate of drug-likeness (QED) is 0.325. The number of carbonyl (C=O) groups is 2. The molecule has 0 unspecified atom stereocenters. The maximum atomic E-state index is 13.7. The molecule has 0 radical (unpaired) electrons. The van der Waals surface area contributed by atoms with Gasteiger partial charge in [-0.2, -0.15) is 14.6 Å². The molecule has 0 fully saturated rings. The van der Waals surface area contributed by atoms with Crippen molar-refractivity contribution >= 4 is 62.4 Å². The summed E-state index contributed by atoms with van der Waals surface area (Å²) < 4.78 is 9.40. The largest absolute Gasteiger partial charge is 0.464 e. The SMILES string of the molecule is CSc1nc(N(C(=O)OC(C)(C)C)[C@@H]2CCc3c(c4ccccc4n3C(=O)O)C2)n2ncc(Br)c2n1. The molecule has 0 bridgehead atoms. The molecule has 5 rings (SSSR count). The first kappa shape index (κ1) is 24.6. The number of rotatable bonds is 3. The molecule has 1 aliphatic carbocycles. The third-order valence-electron chi connectivity index (χ3n) is 6.07. The molecule has 1 aromatic carbocycles. The molecule has 3 heterocycles. The highest BCUT2D eigenvalue weighted by Gasteiger charge is 2.37. The molecule has 1 amide bonds. The van der Waals surface area contributed by atoms with Crippen LogP contribution in [0.5, 0.6) is 0 Å². The number of hydrogen-bond acceptors (Lipinski definition) is 7. The molecule has 1 N–H and O–H groups in total. The van der Waals surface area contributed by atoms with Gasteiger partial charge in [0, 0.05) is 17.1 Å². The van der Waals surface area contributed by atoms with Gasteiger partial charge in [-0.3, -0.25) is 0 Å². The summed E-state index contributed by atoms with van der Waals surface area (Å²) in [5.41, 5.74) is 2.12. The Labute approximate surface area is 219 Å². The van der Waals surface area contributed by atoms with E-state index in [1.807, 2.05) is 51.3 Å². The highest BCUT2D eigenvalue weighted by molar-refractivity contribution is 9.10. The minimum Gasteiger partial charge on any atom is -0.464 e. The second-order valence-electron chi connectivity index (χ2n) is 9.55. The van der Waals surface area contributed by atoms with Gasteiger partial charge in [-0.1, -0.05) is 30.0 Å². The van der Waals surface area contributed by atoms with E-state index in [0.717, 1.165) is 16.6 Å². The van der Waals surface area contributed by atoms with Gasteiger partial charge in [-0.05, 0) is 73.8 Å². The van der Waals surface area contributed by atoms with E-state index in [9.17, 15) is 14.7 Å². The zero-order chi connectivity index (χ0) is 25.8. The third-order valence-corrected chi connectivity index (χ3v) is 7.18. The van der Waals surface area contributed by atoms with Crippen molar-refractivity contribution < 1.29 is 19.4 Å². The van der Waals surface area contributed by atoms with Crippen LogP contribution in [0.2, 0.25) is 0 Å². The Morgan fingerprint density at radius 3 is 2.69 bits per heavy atom. The first-order valence-electron chi connectivity index (χ1n) is 11.4. The second kappa shape index (κ2) is 9.07. The van der Waals surface area contributed by atoms with Crippen LogP contribution in [-0.2, 0) is 17.6 Å². The molecule has 188 valence electrons. The predicted molar refractivity (Wildman–Crippen MR) is 140 cm³/mol. The van der Waals surface area contributed by atoms with Crippen LogP contribution in [0.4, 0.5) is 15.5 Å². The molecule has 3 aromatic heterocycles. The van der Waals surface area contributed by atoms with E-state index in [2.05, 4.69) is 31.0 Å². The van der Waals surface area contributed by atoms with Crippen LogP contribution in [0, 0.1) is 0 Å². The van der Waals surface area contributed by atoms with Gasteiger partial charge in [0.05, 0.1) is 16.2 Å². The number of carboxylic acid groups (broad SMARTS) is 1. The van der Waals surface area contributed by atoms with E-state index in [1.165, 1.54) is 20.8 Å². The third kappa shape index (κ3) is 4.21. The van der Waals surface area contributed by atoms with Gasteiger partial charge in [0.15, 0.2) is 10.8 Å². The van der Waals surface area contributed by atoms with Crippen molar-refractivity contribution in [2.24, 2.45) is 0 Å². The molecule has 0 aliphatic heterocycles. The monoisotopic (exact) mass is 572 g/mol. The number of carbonyl (C=O) groups excluding carboxylic acids is 1. The number of amides is 1. The number of benzene rings is 1. The Kier molecular flexibility index (Phi) is 6.19. The van der Waals surface area contributed by atoms with Crippen LogP contribution >= 0.6 is 27.7 Å². The van der Waals surface area contributed by atoms with Crippen molar-refractivity contribution in [2.75, 3.05) is 11.2 Å². The Morgan fingerprint density at radius 2 is 2.00 bits per heavy atom.